The Bertz CT molecular complexity index is 1310. The first-order valence-electron chi connectivity index (χ1n) is 13.4. The van der Waals surface area contributed by atoms with E-state index < -0.39 is 29.7 Å². The quantitative estimate of drug-likeness (QED) is 0.261. The largest absolute Gasteiger partial charge is 0.380 e. The zero-order chi connectivity index (χ0) is 28.3. The Labute approximate surface area is 237 Å². The van der Waals surface area contributed by atoms with Crippen molar-refractivity contribution in [2.45, 2.75) is 56.0 Å². The number of methoxy groups -OCH3 is 1. The van der Waals surface area contributed by atoms with Gasteiger partial charge in [0.25, 0.3) is 0 Å². The van der Waals surface area contributed by atoms with E-state index in [4.69, 9.17) is 22.1 Å². The first-order chi connectivity index (χ1) is 19.3. The van der Waals surface area contributed by atoms with Gasteiger partial charge in [0, 0.05) is 32.5 Å². The van der Waals surface area contributed by atoms with E-state index in [1.165, 1.54) is 30.0 Å². The maximum Gasteiger partial charge on any atom is 0.323 e. The lowest BCUT2D eigenvalue weighted by molar-refractivity contribution is 0.104. The molecule has 11 heteroatoms. The highest BCUT2D eigenvalue weighted by molar-refractivity contribution is 6.30. The molecule has 2 fully saturated rings. The number of anilines is 2. The number of ether oxygens (including phenoxy) is 1. The highest BCUT2D eigenvalue weighted by Gasteiger charge is 2.40. The Morgan fingerprint density at radius 3 is 2.77 bits per heavy atom. The van der Waals surface area contributed by atoms with Crippen molar-refractivity contribution < 1.29 is 19.0 Å². The van der Waals surface area contributed by atoms with Gasteiger partial charge in [-0.25, -0.2) is 14.2 Å². The van der Waals surface area contributed by atoms with Gasteiger partial charge in [-0.1, -0.05) is 36.6 Å². The van der Waals surface area contributed by atoms with E-state index in [0.717, 1.165) is 6.42 Å². The molecular formula is C29H34ClFN6O3. The molecule has 4 atom stereocenters. The zero-order valence-electron chi connectivity index (χ0n) is 22.3. The summed E-state index contributed by atoms with van der Waals surface area (Å²) in [7, 11) is 1.55. The van der Waals surface area contributed by atoms with E-state index in [9.17, 15) is 9.90 Å². The second kappa shape index (κ2) is 12.1. The number of nitrogens with zero attached hydrogens (tertiary/aromatic N) is 3. The molecule has 0 bridgehead atoms. The summed E-state index contributed by atoms with van der Waals surface area (Å²) in [6.07, 6.45) is 5.89. The van der Waals surface area contributed by atoms with Crippen molar-refractivity contribution in [3.05, 3.63) is 83.0 Å². The molecule has 3 heterocycles. The molecule has 9 nitrogen and oxygen atoms in total. The third kappa shape index (κ3) is 6.36. The Morgan fingerprint density at radius 2 is 2.10 bits per heavy atom. The van der Waals surface area contributed by atoms with Gasteiger partial charge in [0.1, 0.15) is 17.9 Å². The fourth-order valence-corrected chi connectivity index (χ4v) is 5.33. The topological polar surface area (TPSA) is 126 Å². The minimum atomic E-state index is -1.29. The molecule has 3 aromatic rings. The van der Waals surface area contributed by atoms with Gasteiger partial charge in [0.15, 0.2) is 0 Å². The molecule has 2 aliphatic rings. The van der Waals surface area contributed by atoms with Crippen LogP contribution in [0, 0.1) is 11.7 Å². The molecule has 1 aromatic carbocycles. The number of aliphatic hydroxyl groups is 1. The lowest BCUT2D eigenvalue weighted by atomic mass is 9.82. The Kier molecular flexibility index (Phi) is 8.51. The van der Waals surface area contributed by atoms with E-state index in [-0.39, 0.29) is 18.3 Å². The SMILES string of the molecule is CO[C@@H]1C[C@H](C(O)Nc2cc(C(N)(CCC3CC3)c3ccccn3)ccc2F)N(C(=O)Nc2ccc(Cl)cn2)C1. The van der Waals surface area contributed by atoms with E-state index in [1.54, 1.807) is 37.6 Å². The maximum atomic E-state index is 15.1. The van der Waals surface area contributed by atoms with E-state index in [2.05, 4.69) is 20.6 Å². The van der Waals surface area contributed by atoms with Crippen LogP contribution in [0.3, 0.4) is 0 Å². The Hall–Kier alpha value is -3.31. The van der Waals surface area contributed by atoms with Gasteiger partial charge in [-0.05, 0) is 60.7 Å². The summed E-state index contributed by atoms with van der Waals surface area (Å²) in [5.74, 6) is 0.425. The number of nitrogens with one attached hydrogen (secondary N) is 2. The van der Waals surface area contributed by atoms with Gasteiger partial charge in [-0.15, -0.1) is 0 Å². The number of halogens is 2. The number of hydrogen-bond donors (Lipinski definition) is 4. The first kappa shape index (κ1) is 28.2. The van der Waals surface area contributed by atoms with E-state index >= 15 is 4.39 Å². The Balaban J connectivity index is 1.36. The highest BCUT2D eigenvalue weighted by atomic mass is 35.5. The maximum absolute atomic E-state index is 15.1. The van der Waals surface area contributed by atoms with Crippen LogP contribution < -0.4 is 16.4 Å². The van der Waals surface area contributed by atoms with Crippen LogP contribution in [0.15, 0.2) is 60.9 Å². The number of likely N-dealkylation sites (tertiary alicyclic amines) is 1. The summed E-state index contributed by atoms with van der Waals surface area (Å²) in [5, 5.41) is 17.3. The van der Waals surface area contributed by atoms with Crippen LogP contribution in [-0.2, 0) is 10.3 Å². The van der Waals surface area contributed by atoms with Crippen molar-refractivity contribution in [3.8, 4) is 0 Å². The van der Waals surface area contributed by atoms with Crippen molar-refractivity contribution in [1.82, 2.24) is 14.9 Å². The van der Waals surface area contributed by atoms with Gasteiger partial charge < -0.3 is 25.8 Å². The molecule has 1 aliphatic carbocycles. The molecule has 1 saturated heterocycles. The van der Waals surface area contributed by atoms with Gasteiger partial charge >= 0.3 is 6.03 Å². The number of urea groups is 1. The second-order valence-electron chi connectivity index (χ2n) is 10.6. The summed E-state index contributed by atoms with van der Waals surface area (Å²) < 4.78 is 20.6. The highest BCUT2D eigenvalue weighted by Crippen LogP contribution is 2.40. The van der Waals surface area contributed by atoms with Crippen molar-refractivity contribution >= 4 is 29.1 Å². The summed E-state index contributed by atoms with van der Waals surface area (Å²) in [6, 6.07) is 12.3. The number of amides is 2. The molecule has 5 rings (SSSR count). The normalized spacial score (nSPS) is 21.1. The molecule has 2 amide bonds. The number of nitrogens with two attached hydrogens (primary N) is 1. The summed E-state index contributed by atoms with van der Waals surface area (Å²) >= 11 is 5.89. The number of benzene rings is 1. The second-order valence-corrected chi connectivity index (χ2v) is 11.0. The lowest BCUT2D eigenvalue weighted by Gasteiger charge is -2.32. The summed E-state index contributed by atoms with van der Waals surface area (Å²) in [5.41, 5.74) is 7.55. The number of carbonyl (C=O) groups excluding carboxylic acids is 1. The van der Waals surface area contributed by atoms with E-state index in [1.807, 2.05) is 18.2 Å². The molecule has 0 spiro atoms. The first-order valence-corrected chi connectivity index (χ1v) is 13.8. The van der Waals surface area contributed by atoms with Crippen LogP contribution in [-0.4, -0.2) is 58.0 Å². The molecule has 40 heavy (non-hydrogen) atoms. The van der Waals surface area contributed by atoms with Crippen LogP contribution in [0.5, 0.6) is 0 Å². The Morgan fingerprint density at radius 1 is 1.27 bits per heavy atom. The number of carbonyl (C=O) groups is 1. The van der Waals surface area contributed by atoms with Crippen LogP contribution in [0.25, 0.3) is 0 Å². The molecule has 0 radical (unpaired) electrons. The van der Waals surface area contributed by atoms with Crippen molar-refractivity contribution in [1.29, 1.82) is 0 Å². The number of hydrogen-bond acceptors (Lipinski definition) is 7. The fourth-order valence-electron chi connectivity index (χ4n) is 5.21. The van der Waals surface area contributed by atoms with Gasteiger partial charge in [0.05, 0.1) is 34.1 Å². The van der Waals surface area contributed by atoms with Crippen LogP contribution >= 0.6 is 11.6 Å². The molecule has 2 aromatic heterocycles. The van der Waals surface area contributed by atoms with Crippen molar-refractivity contribution in [2.75, 3.05) is 24.3 Å². The van der Waals surface area contributed by atoms with Gasteiger partial charge in [-0.2, -0.15) is 0 Å². The summed E-state index contributed by atoms with van der Waals surface area (Å²) in [6.45, 7) is 0.245. The minimum Gasteiger partial charge on any atom is -0.380 e. The minimum absolute atomic E-state index is 0.0859. The molecule has 212 valence electrons. The molecule has 1 saturated carbocycles. The smallest absolute Gasteiger partial charge is 0.323 e. The summed E-state index contributed by atoms with van der Waals surface area (Å²) in [4.78, 5) is 23.2. The molecule has 2 unspecified atom stereocenters. The lowest BCUT2D eigenvalue weighted by Crippen LogP contribution is -2.47. The predicted octanol–water partition coefficient (Wildman–Crippen LogP) is 4.71. The average Bonchev–Trinajstić information content (AvgIpc) is 3.70. The van der Waals surface area contributed by atoms with Crippen molar-refractivity contribution in [2.24, 2.45) is 11.7 Å². The predicted molar refractivity (Wildman–Crippen MR) is 151 cm³/mol. The monoisotopic (exact) mass is 568 g/mol. The number of aromatic nitrogens is 2. The average molecular weight is 569 g/mol. The molecule has 5 N–H and O–H groups in total. The van der Waals surface area contributed by atoms with Crippen molar-refractivity contribution in [3.63, 3.8) is 0 Å². The van der Waals surface area contributed by atoms with Crippen LogP contribution in [0.2, 0.25) is 5.02 Å². The van der Waals surface area contributed by atoms with Crippen LogP contribution in [0.4, 0.5) is 20.7 Å². The standard InChI is InChI=1S/C29H34ClFN6O3/c1-40-21-15-24(37(17-21)28(39)36-26-10-8-20(30)16-34-26)27(38)35-23-14-19(7-9-22(23)31)29(32,12-11-18-5-6-18)25-4-2-3-13-33-25/h2-4,7-10,13-14,16,18,21,24,27,35,38H,5-6,11-12,15,17,32H2,1H3,(H,34,36,39)/t21-,24-,27?,29?/m1/s1. The van der Waals surface area contributed by atoms with Gasteiger partial charge in [0.2, 0.25) is 0 Å². The third-order valence-corrected chi connectivity index (χ3v) is 8.00. The van der Waals surface area contributed by atoms with Gasteiger partial charge in [-0.3, -0.25) is 10.3 Å². The fraction of sp³-hybridized carbons (Fsp3) is 0.414. The third-order valence-electron chi connectivity index (χ3n) is 7.78. The zero-order valence-corrected chi connectivity index (χ0v) is 23.0. The van der Waals surface area contributed by atoms with Crippen LogP contribution in [0.1, 0.15) is 43.4 Å². The number of pyridine rings is 2. The number of aliphatic hydroxyl groups excluding tert-OH is 1. The van der Waals surface area contributed by atoms with E-state index in [0.29, 0.717) is 40.9 Å². The molecule has 1 aliphatic heterocycles. The number of rotatable bonds is 10. The molecular weight excluding hydrogens is 535 g/mol.